The van der Waals surface area contributed by atoms with E-state index in [1.807, 2.05) is 48.5 Å². The van der Waals surface area contributed by atoms with Crippen molar-refractivity contribution in [2.24, 2.45) is 10.2 Å². The molecule has 0 unspecified atom stereocenters. The number of nitrogen functional groups attached to an aromatic ring is 1. The van der Waals surface area contributed by atoms with Gasteiger partial charge in [0.2, 0.25) is 0 Å². The van der Waals surface area contributed by atoms with Gasteiger partial charge in [0.05, 0.1) is 11.4 Å². The van der Waals surface area contributed by atoms with Gasteiger partial charge in [-0.05, 0) is 49.2 Å². The highest BCUT2D eigenvalue weighted by Crippen LogP contribution is 2.31. The summed E-state index contributed by atoms with van der Waals surface area (Å²) in [6, 6.07) is 20.2. The molecule has 0 fully saturated rings. The SMILES string of the molecule is CCCCN(CCC)c1ccc(N=Nc2ccc(N)c3ccccc23)cc1. The molecule has 0 amide bonds. The summed E-state index contributed by atoms with van der Waals surface area (Å²) in [5.41, 5.74) is 9.76. The highest BCUT2D eigenvalue weighted by atomic mass is 15.1. The van der Waals surface area contributed by atoms with Gasteiger partial charge in [0.1, 0.15) is 0 Å². The molecular weight excluding hydrogens is 332 g/mol. The summed E-state index contributed by atoms with van der Waals surface area (Å²) >= 11 is 0. The molecule has 3 aromatic rings. The van der Waals surface area contributed by atoms with Gasteiger partial charge in [-0.15, -0.1) is 5.11 Å². The number of hydrogen-bond donors (Lipinski definition) is 1. The third-order valence-electron chi connectivity index (χ3n) is 4.70. The van der Waals surface area contributed by atoms with Gasteiger partial charge < -0.3 is 10.6 Å². The van der Waals surface area contributed by atoms with Crippen LogP contribution in [0.25, 0.3) is 10.8 Å². The number of benzene rings is 3. The predicted molar refractivity (Wildman–Crippen MR) is 116 cm³/mol. The molecule has 0 saturated carbocycles. The molecule has 0 aromatic heterocycles. The van der Waals surface area contributed by atoms with Crippen LogP contribution < -0.4 is 10.6 Å². The molecule has 4 heteroatoms. The van der Waals surface area contributed by atoms with Crippen molar-refractivity contribution in [2.45, 2.75) is 33.1 Å². The third-order valence-corrected chi connectivity index (χ3v) is 4.70. The van der Waals surface area contributed by atoms with Crippen molar-refractivity contribution in [2.75, 3.05) is 23.7 Å². The Morgan fingerprint density at radius 1 is 0.778 bits per heavy atom. The third kappa shape index (κ3) is 4.64. The van der Waals surface area contributed by atoms with Gasteiger partial charge in [-0.25, -0.2) is 0 Å². The Kier molecular flexibility index (Phi) is 6.42. The summed E-state index contributed by atoms with van der Waals surface area (Å²) in [7, 11) is 0. The molecule has 4 nitrogen and oxygen atoms in total. The monoisotopic (exact) mass is 360 g/mol. The van der Waals surface area contributed by atoms with E-state index in [2.05, 4.69) is 41.1 Å². The van der Waals surface area contributed by atoms with Crippen molar-refractivity contribution in [1.29, 1.82) is 0 Å². The average Bonchev–Trinajstić information content (AvgIpc) is 2.71. The highest BCUT2D eigenvalue weighted by Gasteiger charge is 2.05. The summed E-state index contributed by atoms with van der Waals surface area (Å²) in [6.07, 6.45) is 3.57. The Labute approximate surface area is 161 Å². The van der Waals surface area contributed by atoms with E-state index >= 15 is 0 Å². The second kappa shape index (κ2) is 9.17. The zero-order valence-corrected chi connectivity index (χ0v) is 16.2. The number of fused-ring (bicyclic) bond motifs is 1. The average molecular weight is 361 g/mol. The fraction of sp³-hybridized carbons (Fsp3) is 0.304. The molecule has 3 rings (SSSR count). The first-order chi connectivity index (χ1) is 13.2. The van der Waals surface area contributed by atoms with Crippen molar-refractivity contribution in [3.63, 3.8) is 0 Å². The number of azo groups is 1. The Balaban J connectivity index is 1.79. The molecule has 140 valence electrons. The van der Waals surface area contributed by atoms with Crippen LogP contribution in [0.3, 0.4) is 0 Å². The molecule has 0 aliphatic heterocycles. The van der Waals surface area contributed by atoms with Gasteiger partial charge >= 0.3 is 0 Å². The molecule has 0 heterocycles. The maximum atomic E-state index is 6.06. The molecule has 0 saturated heterocycles. The molecule has 2 N–H and O–H groups in total. The van der Waals surface area contributed by atoms with Crippen molar-refractivity contribution in [3.05, 3.63) is 60.7 Å². The molecule has 0 aliphatic rings. The smallest absolute Gasteiger partial charge is 0.0936 e. The molecule has 0 atom stereocenters. The van der Waals surface area contributed by atoms with Crippen LogP contribution in [0, 0.1) is 0 Å². The standard InChI is InChI=1S/C23H28N4/c1-3-5-17-27(16-4-2)19-12-10-18(11-13-19)25-26-23-15-14-22(24)20-8-6-7-9-21(20)23/h6-15H,3-5,16-17,24H2,1-2H3. The van der Waals surface area contributed by atoms with Crippen LogP contribution in [0.2, 0.25) is 0 Å². The summed E-state index contributed by atoms with van der Waals surface area (Å²) in [6.45, 7) is 6.63. The lowest BCUT2D eigenvalue weighted by Gasteiger charge is -2.24. The maximum Gasteiger partial charge on any atom is 0.0936 e. The topological polar surface area (TPSA) is 54.0 Å². The Morgan fingerprint density at radius 3 is 2.22 bits per heavy atom. The van der Waals surface area contributed by atoms with Gasteiger partial charge in [0.15, 0.2) is 0 Å². The number of hydrogen-bond acceptors (Lipinski definition) is 4. The Morgan fingerprint density at radius 2 is 1.52 bits per heavy atom. The van der Waals surface area contributed by atoms with Crippen molar-refractivity contribution in [1.82, 2.24) is 0 Å². The molecule has 27 heavy (non-hydrogen) atoms. The van der Waals surface area contributed by atoms with Gasteiger partial charge in [0.25, 0.3) is 0 Å². The summed E-state index contributed by atoms with van der Waals surface area (Å²) in [4.78, 5) is 2.44. The number of unbranched alkanes of at least 4 members (excludes halogenated alkanes) is 1. The summed E-state index contributed by atoms with van der Waals surface area (Å²) in [5, 5.41) is 10.9. The normalized spacial score (nSPS) is 11.3. The number of nitrogens with zero attached hydrogens (tertiary/aromatic N) is 3. The maximum absolute atomic E-state index is 6.06. The first-order valence-corrected chi connectivity index (χ1v) is 9.77. The minimum Gasteiger partial charge on any atom is -0.398 e. The molecule has 3 aromatic carbocycles. The van der Waals surface area contributed by atoms with Crippen LogP contribution in [-0.4, -0.2) is 13.1 Å². The van der Waals surface area contributed by atoms with Gasteiger partial charge in [0, 0.05) is 35.2 Å². The van der Waals surface area contributed by atoms with Crippen molar-refractivity contribution in [3.8, 4) is 0 Å². The second-order valence-corrected chi connectivity index (χ2v) is 6.78. The Bertz CT molecular complexity index is 900. The second-order valence-electron chi connectivity index (χ2n) is 6.78. The van der Waals surface area contributed by atoms with Crippen LogP contribution in [0.1, 0.15) is 33.1 Å². The molecule has 0 bridgehead atoms. The van der Waals surface area contributed by atoms with Crippen molar-refractivity contribution < 1.29 is 0 Å². The van der Waals surface area contributed by atoms with Crippen LogP contribution in [0.15, 0.2) is 70.9 Å². The summed E-state index contributed by atoms with van der Waals surface area (Å²) in [5.74, 6) is 0. The number of anilines is 2. The van der Waals surface area contributed by atoms with Gasteiger partial charge in [-0.1, -0.05) is 44.5 Å². The molecule has 0 spiro atoms. The van der Waals surface area contributed by atoms with Gasteiger partial charge in [-0.2, -0.15) is 5.11 Å². The Hall–Kier alpha value is -2.88. The first-order valence-electron chi connectivity index (χ1n) is 9.77. The van der Waals surface area contributed by atoms with E-state index in [1.165, 1.54) is 18.5 Å². The van der Waals surface area contributed by atoms with E-state index in [4.69, 9.17) is 5.73 Å². The molecular formula is C23H28N4. The van der Waals surface area contributed by atoms with E-state index in [0.717, 1.165) is 47.3 Å². The fourth-order valence-corrected chi connectivity index (χ4v) is 3.22. The summed E-state index contributed by atoms with van der Waals surface area (Å²) < 4.78 is 0. The van der Waals surface area contributed by atoms with E-state index < -0.39 is 0 Å². The number of nitrogens with two attached hydrogens (primary N) is 1. The van der Waals surface area contributed by atoms with Crippen molar-refractivity contribution >= 4 is 33.5 Å². The number of rotatable bonds is 8. The minimum atomic E-state index is 0.761. The van der Waals surface area contributed by atoms with Crippen LogP contribution in [0.5, 0.6) is 0 Å². The quantitative estimate of drug-likeness (QED) is 0.352. The first kappa shape index (κ1) is 18.9. The van der Waals surface area contributed by atoms with E-state index in [0.29, 0.717) is 0 Å². The predicted octanol–water partition coefficient (Wildman–Crippen LogP) is 6.85. The van der Waals surface area contributed by atoms with Gasteiger partial charge in [-0.3, -0.25) is 0 Å². The fourth-order valence-electron chi connectivity index (χ4n) is 3.22. The minimum absolute atomic E-state index is 0.761. The van der Waals surface area contributed by atoms with E-state index in [1.54, 1.807) is 0 Å². The van der Waals surface area contributed by atoms with Crippen LogP contribution in [0.4, 0.5) is 22.7 Å². The lowest BCUT2D eigenvalue weighted by atomic mass is 10.1. The lowest BCUT2D eigenvalue weighted by molar-refractivity contribution is 0.704. The zero-order valence-electron chi connectivity index (χ0n) is 16.2. The molecule has 0 aliphatic carbocycles. The zero-order chi connectivity index (χ0) is 19.1. The van der Waals surface area contributed by atoms with Crippen LogP contribution >= 0.6 is 0 Å². The molecule has 0 radical (unpaired) electrons. The lowest BCUT2D eigenvalue weighted by Crippen LogP contribution is -2.24. The van der Waals surface area contributed by atoms with E-state index in [9.17, 15) is 0 Å². The van der Waals surface area contributed by atoms with Crippen LogP contribution in [-0.2, 0) is 0 Å². The van der Waals surface area contributed by atoms with E-state index in [-0.39, 0.29) is 0 Å². The largest absolute Gasteiger partial charge is 0.398 e. The highest BCUT2D eigenvalue weighted by molar-refractivity contribution is 5.99.